The van der Waals surface area contributed by atoms with Crippen molar-refractivity contribution in [3.63, 3.8) is 0 Å². The van der Waals surface area contributed by atoms with Crippen LogP contribution in [0, 0.1) is 5.92 Å². The fourth-order valence-corrected chi connectivity index (χ4v) is 5.53. The summed E-state index contributed by atoms with van der Waals surface area (Å²) in [5.41, 5.74) is 7.10. The Morgan fingerprint density at radius 1 is 1.02 bits per heavy atom. The van der Waals surface area contributed by atoms with Crippen LogP contribution in [0.25, 0.3) is 0 Å². The van der Waals surface area contributed by atoms with E-state index < -0.39 is 61.5 Å². The number of halogens is 3. The number of rotatable bonds is 13. The van der Waals surface area contributed by atoms with E-state index in [4.69, 9.17) is 15.2 Å². The van der Waals surface area contributed by atoms with Gasteiger partial charge in [-0.15, -0.1) is 11.3 Å². The number of amides is 4. The molecule has 2 aromatic carbocycles. The van der Waals surface area contributed by atoms with Crippen LogP contribution in [0.4, 0.5) is 18.0 Å². The number of carbonyl (C=O) groups excluding carboxylic acids is 4. The lowest BCUT2D eigenvalue weighted by atomic mass is 10.0. The van der Waals surface area contributed by atoms with Gasteiger partial charge in [-0.2, -0.15) is 18.2 Å². The topological polar surface area (TPSA) is 152 Å². The molecule has 1 aliphatic heterocycles. The van der Waals surface area contributed by atoms with Gasteiger partial charge in [0.25, 0.3) is 0 Å². The van der Waals surface area contributed by atoms with Crippen LogP contribution >= 0.6 is 11.3 Å². The second-order valence-corrected chi connectivity index (χ2v) is 11.6. The van der Waals surface area contributed by atoms with Crippen molar-refractivity contribution in [3.8, 4) is 5.75 Å². The van der Waals surface area contributed by atoms with Crippen molar-refractivity contribution in [2.24, 2.45) is 16.6 Å². The summed E-state index contributed by atoms with van der Waals surface area (Å²) >= 11 is 1.18. The van der Waals surface area contributed by atoms with E-state index >= 15 is 0 Å². The predicted molar refractivity (Wildman–Crippen MR) is 167 cm³/mol. The standard InChI is InChI=1S/C32H34F3N5O6S/c33-32(34,35)23-15-26(40(18-23)28(42)17-37-27(41)12-7-13-45-24-10-5-2-6-11-24)30(43)38-16-25-14-22(20-47-25)29(36)39-31(44)46-19-21-8-3-1-4-9-21/h1-6,8-11,14,20,23,26H,7,12-13,15-19H2,(H,37,41)(H,38,43)(H2,36,39,44)/t23-,26+/m1/s1. The van der Waals surface area contributed by atoms with Crippen molar-refractivity contribution in [2.75, 3.05) is 19.7 Å². The van der Waals surface area contributed by atoms with E-state index in [2.05, 4.69) is 15.6 Å². The van der Waals surface area contributed by atoms with Gasteiger partial charge < -0.3 is 30.7 Å². The highest BCUT2D eigenvalue weighted by molar-refractivity contribution is 7.10. The number of alkyl halides is 3. The summed E-state index contributed by atoms with van der Waals surface area (Å²) in [6.45, 7) is -1.03. The van der Waals surface area contributed by atoms with Gasteiger partial charge in [-0.1, -0.05) is 48.5 Å². The van der Waals surface area contributed by atoms with E-state index in [1.54, 1.807) is 47.8 Å². The first-order chi connectivity index (χ1) is 22.5. The number of aliphatic imine (C=N–C) groups is 1. The molecule has 1 aliphatic rings. The second kappa shape index (κ2) is 16.6. The van der Waals surface area contributed by atoms with Crippen molar-refractivity contribution in [2.45, 2.75) is 44.6 Å². The number of likely N-dealkylation sites (tertiary alicyclic amines) is 1. The van der Waals surface area contributed by atoms with Crippen molar-refractivity contribution >= 4 is 41.0 Å². The number of benzene rings is 2. The van der Waals surface area contributed by atoms with Gasteiger partial charge in [0, 0.05) is 28.8 Å². The third-order valence-corrected chi connectivity index (χ3v) is 8.12. The van der Waals surface area contributed by atoms with Crippen LogP contribution in [-0.4, -0.2) is 66.5 Å². The van der Waals surface area contributed by atoms with Gasteiger partial charge in [0.05, 0.1) is 25.6 Å². The zero-order valence-corrected chi connectivity index (χ0v) is 26.0. The van der Waals surface area contributed by atoms with Crippen molar-refractivity contribution in [1.29, 1.82) is 0 Å². The van der Waals surface area contributed by atoms with Gasteiger partial charge in [0.1, 0.15) is 24.2 Å². The van der Waals surface area contributed by atoms with Crippen LogP contribution in [0.1, 0.15) is 35.3 Å². The Labute approximate surface area is 272 Å². The number of nitrogens with one attached hydrogen (secondary N) is 2. The quantitative estimate of drug-likeness (QED) is 0.140. The number of hydrogen-bond acceptors (Lipinski definition) is 7. The van der Waals surface area contributed by atoms with Crippen LogP contribution in [0.5, 0.6) is 5.75 Å². The number of hydrogen-bond donors (Lipinski definition) is 3. The molecule has 15 heteroatoms. The molecule has 4 N–H and O–H groups in total. The first kappa shape index (κ1) is 34.9. The molecule has 0 bridgehead atoms. The molecule has 11 nitrogen and oxygen atoms in total. The van der Waals surface area contributed by atoms with Crippen LogP contribution in [0.3, 0.4) is 0 Å². The summed E-state index contributed by atoms with van der Waals surface area (Å²) in [6.07, 6.45) is -5.70. The number of thiophene rings is 1. The molecule has 1 fully saturated rings. The SMILES string of the molecule is NC(=NC(=O)OCc1ccccc1)c1csc(CNC(=O)[C@@H]2C[C@@H](C(F)(F)F)CN2C(=O)CNC(=O)CCCOc2ccccc2)c1. The second-order valence-electron chi connectivity index (χ2n) is 10.6. The summed E-state index contributed by atoms with van der Waals surface area (Å²) in [5, 5.41) is 6.60. The predicted octanol–water partition coefficient (Wildman–Crippen LogP) is 4.16. The van der Waals surface area contributed by atoms with Gasteiger partial charge in [0.15, 0.2) is 0 Å². The zero-order valence-electron chi connectivity index (χ0n) is 25.2. The lowest BCUT2D eigenvalue weighted by Crippen LogP contribution is -2.48. The average Bonchev–Trinajstić information content (AvgIpc) is 3.73. The molecule has 250 valence electrons. The fourth-order valence-electron chi connectivity index (χ4n) is 4.72. The van der Waals surface area contributed by atoms with Crippen LogP contribution in [0.15, 0.2) is 77.1 Å². The molecule has 0 spiro atoms. The third kappa shape index (κ3) is 10.8. The van der Waals surface area contributed by atoms with E-state index in [9.17, 15) is 32.3 Å². The van der Waals surface area contributed by atoms with Gasteiger partial charge in [-0.05, 0) is 36.6 Å². The average molecular weight is 674 g/mol. The Morgan fingerprint density at radius 2 is 1.72 bits per heavy atom. The number of nitrogens with two attached hydrogens (primary N) is 1. The van der Waals surface area contributed by atoms with Gasteiger partial charge >= 0.3 is 12.3 Å². The Hall–Kier alpha value is -4.92. The maximum absolute atomic E-state index is 13.6. The van der Waals surface area contributed by atoms with Gasteiger partial charge in [0.2, 0.25) is 17.7 Å². The van der Waals surface area contributed by atoms with E-state index in [0.717, 1.165) is 10.5 Å². The van der Waals surface area contributed by atoms with Crippen LogP contribution in [-0.2, 0) is 32.3 Å². The number of carbonyl (C=O) groups is 4. The highest BCUT2D eigenvalue weighted by atomic mass is 32.1. The summed E-state index contributed by atoms with van der Waals surface area (Å²) in [7, 11) is 0. The Bertz CT molecular complexity index is 1550. The summed E-state index contributed by atoms with van der Waals surface area (Å²) in [4.78, 5) is 55.4. The number of amidine groups is 1. The Balaban J connectivity index is 1.26. The fraction of sp³-hybridized carbons (Fsp3) is 0.344. The monoisotopic (exact) mass is 673 g/mol. The highest BCUT2D eigenvalue weighted by Crippen LogP contribution is 2.36. The molecule has 0 radical (unpaired) electrons. The molecule has 2 atom stereocenters. The molecule has 4 rings (SSSR count). The normalized spacial score (nSPS) is 16.4. The molecule has 0 unspecified atom stereocenters. The molecule has 2 heterocycles. The third-order valence-electron chi connectivity index (χ3n) is 7.19. The number of nitrogens with zero attached hydrogens (tertiary/aromatic N) is 2. The lowest BCUT2D eigenvalue weighted by molar-refractivity contribution is -0.171. The largest absolute Gasteiger partial charge is 0.494 e. The molecular formula is C32H34F3N5O6S. The summed E-state index contributed by atoms with van der Waals surface area (Å²) < 4.78 is 51.4. The number of para-hydroxylation sites is 1. The minimum atomic E-state index is -4.61. The summed E-state index contributed by atoms with van der Waals surface area (Å²) in [6, 6.07) is 18.2. The molecule has 0 saturated carbocycles. The van der Waals surface area contributed by atoms with Crippen molar-refractivity contribution in [3.05, 3.63) is 88.1 Å². The van der Waals surface area contributed by atoms with Crippen LogP contribution in [0.2, 0.25) is 0 Å². The maximum Gasteiger partial charge on any atom is 0.435 e. The van der Waals surface area contributed by atoms with Crippen molar-refractivity contribution in [1.82, 2.24) is 15.5 Å². The Morgan fingerprint density at radius 3 is 2.43 bits per heavy atom. The minimum Gasteiger partial charge on any atom is -0.494 e. The highest BCUT2D eigenvalue weighted by Gasteiger charge is 2.50. The van der Waals surface area contributed by atoms with E-state index in [1.807, 2.05) is 24.3 Å². The lowest BCUT2D eigenvalue weighted by Gasteiger charge is -2.24. The molecule has 3 aromatic rings. The first-order valence-electron chi connectivity index (χ1n) is 14.7. The molecule has 0 aliphatic carbocycles. The molecular weight excluding hydrogens is 639 g/mol. The number of ether oxygens (including phenoxy) is 2. The molecule has 47 heavy (non-hydrogen) atoms. The van der Waals surface area contributed by atoms with E-state index in [0.29, 0.717) is 22.6 Å². The van der Waals surface area contributed by atoms with E-state index in [-0.39, 0.29) is 32.0 Å². The van der Waals surface area contributed by atoms with Crippen molar-refractivity contribution < 1.29 is 41.8 Å². The van der Waals surface area contributed by atoms with E-state index in [1.165, 1.54) is 11.3 Å². The Kier molecular flexibility index (Phi) is 12.3. The van der Waals surface area contributed by atoms with Gasteiger partial charge in [-0.25, -0.2) is 4.79 Å². The minimum absolute atomic E-state index is 0.0181. The van der Waals surface area contributed by atoms with Gasteiger partial charge in [-0.3, -0.25) is 14.4 Å². The van der Waals surface area contributed by atoms with Crippen LogP contribution < -0.4 is 21.1 Å². The molecule has 4 amide bonds. The smallest absolute Gasteiger partial charge is 0.435 e. The first-order valence-corrected chi connectivity index (χ1v) is 15.6. The zero-order chi connectivity index (χ0) is 33.8. The maximum atomic E-state index is 13.6. The molecule has 1 aromatic heterocycles. The molecule has 1 saturated heterocycles. The summed E-state index contributed by atoms with van der Waals surface area (Å²) in [5.74, 6) is -3.39.